The summed E-state index contributed by atoms with van der Waals surface area (Å²) in [6.07, 6.45) is -0.872. The van der Waals surface area contributed by atoms with Gasteiger partial charge in [0.1, 0.15) is 11.6 Å². The number of amides is 1. The largest absolute Gasteiger partial charge is 0.483 e. The van der Waals surface area contributed by atoms with Crippen molar-refractivity contribution in [1.29, 1.82) is 0 Å². The fourth-order valence-corrected chi connectivity index (χ4v) is 1.13. The Labute approximate surface area is 86.5 Å². The van der Waals surface area contributed by atoms with Crippen LogP contribution in [0.1, 0.15) is 18.6 Å². The molecular weight excluding hydrogens is 201 g/mol. The number of nitrogens with two attached hydrogens (primary N) is 1. The highest BCUT2D eigenvalue weighted by Gasteiger charge is 2.11. The minimum absolute atomic E-state index is 0.255. The lowest BCUT2D eigenvalue weighted by Gasteiger charge is -2.12. The molecule has 0 saturated carbocycles. The number of carbonyl (C=O) groups excluding carboxylic acids is 1. The first-order valence-electron chi connectivity index (χ1n) is 4.39. The summed E-state index contributed by atoms with van der Waals surface area (Å²) < 4.78 is 17.9. The number of ether oxygens (including phenoxy) is 1. The monoisotopic (exact) mass is 213 g/mol. The predicted molar refractivity (Wildman–Crippen MR) is 51.7 cm³/mol. The fraction of sp³-hybridized carbons (Fsp3) is 0.300. The Balaban J connectivity index is 2.90. The van der Waals surface area contributed by atoms with Gasteiger partial charge < -0.3 is 15.6 Å². The molecule has 1 rings (SSSR count). The van der Waals surface area contributed by atoms with Crippen molar-refractivity contribution in [2.75, 3.05) is 6.61 Å². The van der Waals surface area contributed by atoms with Crippen LogP contribution in [0.15, 0.2) is 18.2 Å². The quantitative estimate of drug-likeness (QED) is 0.774. The molecule has 0 fully saturated rings. The summed E-state index contributed by atoms with van der Waals surface area (Å²) in [4.78, 5) is 10.5. The van der Waals surface area contributed by atoms with Gasteiger partial charge in [-0.25, -0.2) is 4.39 Å². The van der Waals surface area contributed by atoms with E-state index in [0.717, 1.165) is 6.07 Å². The highest BCUT2D eigenvalue weighted by Crippen LogP contribution is 2.25. The van der Waals surface area contributed by atoms with Gasteiger partial charge in [0.15, 0.2) is 6.61 Å². The zero-order valence-electron chi connectivity index (χ0n) is 8.24. The Kier molecular flexibility index (Phi) is 3.62. The molecule has 0 aliphatic carbocycles. The third kappa shape index (κ3) is 3.21. The molecular formula is C10H12FNO3. The molecule has 0 heterocycles. The standard InChI is InChI=1S/C10H12FNO3/c1-6(13)8-4-7(11)2-3-9(8)15-5-10(12)14/h2-4,6,13H,5H2,1H3,(H2,12,14)/t6-/m1/s1. The maximum Gasteiger partial charge on any atom is 0.255 e. The molecule has 0 spiro atoms. The van der Waals surface area contributed by atoms with Crippen LogP contribution in [-0.4, -0.2) is 17.6 Å². The van der Waals surface area contributed by atoms with Crippen LogP contribution in [-0.2, 0) is 4.79 Å². The summed E-state index contributed by atoms with van der Waals surface area (Å²) in [6.45, 7) is 1.18. The molecule has 1 atom stereocenters. The third-order valence-electron chi connectivity index (χ3n) is 1.79. The topological polar surface area (TPSA) is 72.6 Å². The van der Waals surface area contributed by atoms with E-state index in [1.54, 1.807) is 0 Å². The molecule has 3 N–H and O–H groups in total. The molecule has 0 aliphatic rings. The number of benzene rings is 1. The van der Waals surface area contributed by atoms with Crippen molar-refractivity contribution in [2.24, 2.45) is 5.73 Å². The molecule has 0 aromatic heterocycles. The van der Waals surface area contributed by atoms with Crippen molar-refractivity contribution in [1.82, 2.24) is 0 Å². The van der Waals surface area contributed by atoms with Crippen molar-refractivity contribution < 1.29 is 19.0 Å². The Morgan fingerprint density at radius 3 is 2.87 bits per heavy atom. The Hall–Kier alpha value is -1.62. The molecule has 1 aromatic rings. The number of carbonyl (C=O) groups is 1. The second-order valence-electron chi connectivity index (χ2n) is 3.11. The van der Waals surface area contributed by atoms with Gasteiger partial charge in [0.05, 0.1) is 6.10 Å². The second kappa shape index (κ2) is 4.75. The smallest absolute Gasteiger partial charge is 0.255 e. The molecule has 0 aliphatic heterocycles. The maximum atomic E-state index is 12.8. The van der Waals surface area contributed by atoms with Crippen LogP contribution in [0.5, 0.6) is 5.75 Å². The van der Waals surface area contributed by atoms with Gasteiger partial charge in [0.25, 0.3) is 5.91 Å². The van der Waals surface area contributed by atoms with E-state index in [-0.39, 0.29) is 17.9 Å². The van der Waals surface area contributed by atoms with Crippen molar-refractivity contribution in [3.05, 3.63) is 29.6 Å². The number of aliphatic hydroxyl groups excluding tert-OH is 1. The second-order valence-corrected chi connectivity index (χ2v) is 3.11. The van der Waals surface area contributed by atoms with Crippen LogP contribution in [0.2, 0.25) is 0 Å². The molecule has 0 radical (unpaired) electrons. The molecule has 0 bridgehead atoms. The van der Waals surface area contributed by atoms with Gasteiger partial charge in [-0.2, -0.15) is 0 Å². The van der Waals surface area contributed by atoms with Gasteiger partial charge in [0.2, 0.25) is 0 Å². The first-order chi connectivity index (χ1) is 7.00. The van der Waals surface area contributed by atoms with Crippen LogP contribution in [0.25, 0.3) is 0 Å². The first-order valence-corrected chi connectivity index (χ1v) is 4.39. The number of hydrogen-bond acceptors (Lipinski definition) is 3. The lowest BCUT2D eigenvalue weighted by Crippen LogP contribution is -2.20. The normalized spacial score (nSPS) is 12.2. The molecule has 5 heteroatoms. The highest BCUT2D eigenvalue weighted by molar-refractivity contribution is 5.75. The molecule has 0 saturated heterocycles. The van der Waals surface area contributed by atoms with Crippen LogP contribution in [0.4, 0.5) is 4.39 Å². The summed E-state index contributed by atoms with van der Waals surface area (Å²) in [5, 5.41) is 9.33. The molecule has 4 nitrogen and oxygen atoms in total. The average Bonchev–Trinajstić information content (AvgIpc) is 2.15. The highest BCUT2D eigenvalue weighted by atomic mass is 19.1. The molecule has 1 amide bonds. The van der Waals surface area contributed by atoms with Crippen LogP contribution < -0.4 is 10.5 Å². The van der Waals surface area contributed by atoms with Crippen LogP contribution >= 0.6 is 0 Å². The SMILES string of the molecule is C[C@@H](O)c1cc(F)ccc1OCC(N)=O. The average molecular weight is 213 g/mol. The van der Waals surface area contributed by atoms with Crippen LogP contribution in [0, 0.1) is 5.82 Å². The number of aliphatic hydroxyl groups is 1. The van der Waals surface area contributed by atoms with E-state index < -0.39 is 17.8 Å². The summed E-state index contributed by atoms with van der Waals surface area (Å²) in [5.41, 5.74) is 5.18. The Morgan fingerprint density at radius 1 is 1.67 bits per heavy atom. The van der Waals surface area contributed by atoms with Crippen molar-refractivity contribution >= 4 is 5.91 Å². The van der Waals surface area contributed by atoms with E-state index in [1.807, 2.05) is 0 Å². The van der Waals surface area contributed by atoms with E-state index in [1.165, 1.54) is 19.1 Å². The lowest BCUT2D eigenvalue weighted by molar-refractivity contribution is -0.120. The lowest BCUT2D eigenvalue weighted by atomic mass is 10.1. The van der Waals surface area contributed by atoms with E-state index in [0.29, 0.717) is 0 Å². The summed E-state index contributed by atoms with van der Waals surface area (Å²) in [6, 6.07) is 3.68. The summed E-state index contributed by atoms with van der Waals surface area (Å²) in [5.74, 6) is -0.849. The Bertz CT molecular complexity index is 366. The minimum atomic E-state index is -0.872. The van der Waals surface area contributed by atoms with Gasteiger partial charge in [-0.05, 0) is 25.1 Å². The van der Waals surface area contributed by atoms with E-state index in [9.17, 15) is 14.3 Å². The number of hydrogen-bond donors (Lipinski definition) is 2. The fourth-order valence-electron chi connectivity index (χ4n) is 1.13. The van der Waals surface area contributed by atoms with Gasteiger partial charge in [-0.1, -0.05) is 0 Å². The van der Waals surface area contributed by atoms with Gasteiger partial charge in [-0.3, -0.25) is 4.79 Å². The first kappa shape index (κ1) is 11.5. The number of primary amides is 1. The van der Waals surface area contributed by atoms with Crippen LogP contribution in [0.3, 0.4) is 0 Å². The molecule has 82 valence electrons. The molecule has 0 unspecified atom stereocenters. The number of rotatable bonds is 4. The van der Waals surface area contributed by atoms with E-state index in [4.69, 9.17) is 10.5 Å². The third-order valence-corrected chi connectivity index (χ3v) is 1.79. The number of halogens is 1. The summed E-state index contributed by atoms with van der Waals surface area (Å²) >= 11 is 0. The zero-order valence-corrected chi connectivity index (χ0v) is 8.24. The minimum Gasteiger partial charge on any atom is -0.483 e. The maximum absolute atomic E-state index is 12.8. The van der Waals surface area contributed by atoms with Gasteiger partial charge >= 0.3 is 0 Å². The Morgan fingerprint density at radius 2 is 2.33 bits per heavy atom. The van der Waals surface area contributed by atoms with Gasteiger partial charge in [-0.15, -0.1) is 0 Å². The van der Waals surface area contributed by atoms with Crippen molar-refractivity contribution in [3.63, 3.8) is 0 Å². The molecule has 15 heavy (non-hydrogen) atoms. The summed E-state index contributed by atoms with van der Waals surface area (Å²) in [7, 11) is 0. The predicted octanol–water partition coefficient (Wildman–Crippen LogP) is 0.743. The van der Waals surface area contributed by atoms with E-state index in [2.05, 4.69) is 0 Å². The van der Waals surface area contributed by atoms with Crippen molar-refractivity contribution in [3.8, 4) is 5.75 Å². The zero-order chi connectivity index (χ0) is 11.4. The van der Waals surface area contributed by atoms with Crippen molar-refractivity contribution in [2.45, 2.75) is 13.0 Å². The van der Waals surface area contributed by atoms with Gasteiger partial charge in [0, 0.05) is 5.56 Å². The molecule has 1 aromatic carbocycles. The van der Waals surface area contributed by atoms with E-state index >= 15 is 0 Å².